The summed E-state index contributed by atoms with van der Waals surface area (Å²) in [7, 11) is 0. The van der Waals surface area contributed by atoms with E-state index in [0.717, 1.165) is 24.1 Å². The van der Waals surface area contributed by atoms with Crippen LogP contribution >= 0.6 is 11.6 Å². The normalized spacial score (nSPS) is 11.6. The van der Waals surface area contributed by atoms with Crippen LogP contribution < -0.4 is 0 Å². The lowest BCUT2D eigenvalue weighted by Crippen LogP contribution is -1.97. The summed E-state index contributed by atoms with van der Waals surface area (Å²) in [5.74, 6) is 0. The van der Waals surface area contributed by atoms with Crippen molar-refractivity contribution in [1.82, 2.24) is 0 Å². The third kappa shape index (κ3) is 4.64. The van der Waals surface area contributed by atoms with E-state index < -0.39 is 0 Å². The van der Waals surface area contributed by atoms with Crippen molar-refractivity contribution in [3.8, 4) is 0 Å². The summed E-state index contributed by atoms with van der Waals surface area (Å²) in [4.78, 5) is 5.13. The Morgan fingerprint density at radius 1 is 1.31 bits per heavy atom. The Morgan fingerprint density at radius 3 is 2.62 bits per heavy atom. The van der Waals surface area contributed by atoms with E-state index in [-0.39, 0.29) is 6.61 Å². The van der Waals surface area contributed by atoms with Crippen molar-refractivity contribution in [2.45, 2.75) is 19.8 Å². The van der Waals surface area contributed by atoms with Gasteiger partial charge < -0.3 is 9.94 Å². The molecule has 0 aliphatic carbocycles. The van der Waals surface area contributed by atoms with E-state index in [0.29, 0.717) is 11.6 Å². The highest BCUT2D eigenvalue weighted by Gasteiger charge is 1.97. The predicted octanol–water partition coefficient (Wildman–Crippen LogP) is 2.85. The summed E-state index contributed by atoms with van der Waals surface area (Å²) in [6.07, 6.45) is 1.56. The number of halogens is 1. The van der Waals surface area contributed by atoms with Crippen LogP contribution in [0.5, 0.6) is 0 Å². The molecule has 0 amide bonds. The molecule has 1 aromatic rings. The molecule has 1 rings (SSSR count). The molecular weight excluding hydrogens is 226 g/mol. The van der Waals surface area contributed by atoms with E-state index in [2.05, 4.69) is 5.16 Å². The molecule has 0 saturated carbocycles. The first-order chi connectivity index (χ1) is 7.74. The summed E-state index contributed by atoms with van der Waals surface area (Å²) in [5.41, 5.74) is 1.81. The SMILES string of the molecule is C/C(=N\OCCCCO)c1ccc(Cl)cc1. The highest BCUT2D eigenvalue weighted by molar-refractivity contribution is 6.30. The topological polar surface area (TPSA) is 41.8 Å². The molecule has 0 saturated heterocycles. The van der Waals surface area contributed by atoms with Crippen molar-refractivity contribution < 1.29 is 9.94 Å². The first-order valence-corrected chi connectivity index (χ1v) is 5.65. The molecule has 0 unspecified atom stereocenters. The summed E-state index contributed by atoms with van der Waals surface area (Å²) in [5, 5.41) is 13.3. The second-order valence-electron chi connectivity index (χ2n) is 3.45. The van der Waals surface area contributed by atoms with Crippen LogP contribution in [0.3, 0.4) is 0 Å². The monoisotopic (exact) mass is 241 g/mol. The molecule has 0 aromatic heterocycles. The molecule has 0 heterocycles. The van der Waals surface area contributed by atoms with Gasteiger partial charge in [0.25, 0.3) is 0 Å². The minimum atomic E-state index is 0.198. The lowest BCUT2D eigenvalue weighted by molar-refractivity contribution is 0.134. The largest absolute Gasteiger partial charge is 0.396 e. The van der Waals surface area contributed by atoms with Crippen molar-refractivity contribution in [2.24, 2.45) is 5.16 Å². The molecule has 16 heavy (non-hydrogen) atoms. The zero-order chi connectivity index (χ0) is 11.8. The van der Waals surface area contributed by atoms with Gasteiger partial charge >= 0.3 is 0 Å². The molecule has 3 nitrogen and oxygen atoms in total. The molecule has 0 bridgehead atoms. The molecule has 88 valence electrons. The fraction of sp³-hybridized carbons (Fsp3) is 0.417. The number of nitrogens with zero attached hydrogens (tertiary/aromatic N) is 1. The standard InChI is InChI=1S/C12H16ClNO2/c1-10(14-16-9-3-2-8-15)11-4-6-12(13)7-5-11/h4-7,15H,2-3,8-9H2,1H3/b14-10+. The minimum Gasteiger partial charge on any atom is -0.396 e. The molecule has 1 N–H and O–H groups in total. The Labute approximate surface area is 101 Å². The van der Waals surface area contributed by atoms with Gasteiger partial charge in [0.05, 0.1) is 5.71 Å². The van der Waals surface area contributed by atoms with Crippen molar-refractivity contribution in [2.75, 3.05) is 13.2 Å². The first-order valence-electron chi connectivity index (χ1n) is 5.27. The third-order valence-electron chi connectivity index (χ3n) is 2.11. The van der Waals surface area contributed by atoms with Gasteiger partial charge in [-0.3, -0.25) is 0 Å². The molecule has 0 fully saturated rings. The van der Waals surface area contributed by atoms with Gasteiger partial charge in [0.2, 0.25) is 0 Å². The Morgan fingerprint density at radius 2 is 2.00 bits per heavy atom. The van der Waals surface area contributed by atoms with Gasteiger partial charge in [-0.15, -0.1) is 0 Å². The maximum Gasteiger partial charge on any atom is 0.117 e. The number of oxime groups is 1. The van der Waals surface area contributed by atoms with Crippen LogP contribution in [0.2, 0.25) is 5.02 Å². The maximum atomic E-state index is 8.57. The summed E-state index contributed by atoms with van der Waals surface area (Å²) in [6.45, 7) is 2.62. The average Bonchev–Trinajstić information content (AvgIpc) is 2.29. The van der Waals surface area contributed by atoms with Crippen LogP contribution in [0.15, 0.2) is 29.4 Å². The van der Waals surface area contributed by atoms with Crippen LogP contribution in [0.4, 0.5) is 0 Å². The van der Waals surface area contributed by atoms with E-state index in [1.54, 1.807) is 0 Å². The zero-order valence-corrected chi connectivity index (χ0v) is 10.1. The number of rotatable bonds is 6. The first kappa shape index (κ1) is 13.0. The maximum absolute atomic E-state index is 8.57. The Bertz CT molecular complexity index is 335. The van der Waals surface area contributed by atoms with Crippen LogP contribution in [0.1, 0.15) is 25.3 Å². The fourth-order valence-corrected chi connectivity index (χ4v) is 1.29. The summed E-state index contributed by atoms with van der Waals surface area (Å²) in [6, 6.07) is 7.44. The third-order valence-corrected chi connectivity index (χ3v) is 2.36. The van der Waals surface area contributed by atoms with Crippen molar-refractivity contribution in [1.29, 1.82) is 0 Å². The molecule has 4 heteroatoms. The van der Waals surface area contributed by atoms with Crippen molar-refractivity contribution >= 4 is 17.3 Å². The minimum absolute atomic E-state index is 0.198. The highest BCUT2D eigenvalue weighted by Crippen LogP contribution is 2.10. The number of unbranched alkanes of at least 4 members (excludes halogenated alkanes) is 1. The number of hydrogen-bond acceptors (Lipinski definition) is 3. The van der Waals surface area contributed by atoms with Gasteiger partial charge in [-0.25, -0.2) is 0 Å². The van der Waals surface area contributed by atoms with Crippen molar-refractivity contribution in [3.05, 3.63) is 34.9 Å². The van der Waals surface area contributed by atoms with Gasteiger partial charge in [-0.05, 0) is 37.5 Å². The molecule has 0 radical (unpaired) electrons. The van der Waals surface area contributed by atoms with E-state index in [1.165, 1.54) is 0 Å². The van der Waals surface area contributed by atoms with Gasteiger partial charge in [0.1, 0.15) is 6.61 Å². The van der Waals surface area contributed by atoms with Crippen LogP contribution in [-0.2, 0) is 4.84 Å². The number of aliphatic hydroxyl groups excluding tert-OH is 1. The average molecular weight is 242 g/mol. The molecule has 0 aliphatic heterocycles. The quantitative estimate of drug-likeness (QED) is 0.473. The number of aliphatic hydroxyl groups is 1. The molecule has 0 atom stereocenters. The molecule has 0 aliphatic rings. The zero-order valence-electron chi connectivity index (χ0n) is 9.32. The van der Waals surface area contributed by atoms with E-state index in [9.17, 15) is 0 Å². The van der Waals surface area contributed by atoms with E-state index in [1.807, 2.05) is 31.2 Å². The molecule has 1 aromatic carbocycles. The van der Waals surface area contributed by atoms with Crippen molar-refractivity contribution in [3.63, 3.8) is 0 Å². The van der Waals surface area contributed by atoms with E-state index >= 15 is 0 Å². The van der Waals surface area contributed by atoms with Gasteiger partial charge in [0.15, 0.2) is 0 Å². The Balaban J connectivity index is 2.41. The van der Waals surface area contributed by atoms with Gasteiger partial charge in [-0.1, -0.05) is 28.9 Å². The smallest absolute Gasteiger partial charge is 0.117 e. The lowest BCUT2D eigenvalue weighted by atomic mass is 10.1. The van der Waals surface area contributed by atoms with E-state index in [4.69, 9.17) is 21.5 Å². The number of hydrogen-bond donors (Lipinski definition) is 1. The predicted molar refractivity (Wildman–Crippen MR) is 65.9 cm³/mol. The highest BCUT2D eigenvalue weighted by atomic mass is 35.5. The summed E-state index contributed by atoms with van der Waals surface area (Å²) >= 11 is 5.78. The second-order valence-corrected chi connectivity index (χ2v) is 3.88. The van der Waals surface area contributed by atoms with Crippen LogP contribution in [0, 0.1) is 0 Å². The Kier molecular flexibility index (Phi) is 5.90. The van der Waals surface area contributed by atoms with Crippen LogP contribution in [0.25, 0.3) is 0 Å². The molecular formula is C12H16ClNO2. The van der Waals surface area contributed by atoms with Gasteiger partial charge in [-0.2, -0.15) is 0 Å². The second kappa shape index (κ2) is 7.25. The lowest BCUT2D eigenvalue weighted by Gasteiger charge is -2.02. The summed E-state index contributed by atoms with van der Waals surface area (Å²) < 4.78 is 0. The van der Waals surface area contributed by atoms with Gasteiger partial charge in [0, 0.05) is 11.6 Å². The Hall–Kier alpha value is -1.06. The fourth-order valence-electron chi connectivity index (χ4n) is 1.16. The molecule has 0 spiro atoms. The number of benzene rings is 1. The van der Waals surface area contributed by atoms with Crippen LogP contribution in [-0.4, -0.2) is 24.0 Å².